The number of anilines is 1. The molecule has 2 aliphatic rings. The number of amides is 1. The van der Waals surface area contributed by atoms with Gasteiger partial charge in [-0.3, -0.25) is 23.8 Å². The number of rotatable bonds is 5. The predicted octanol–water partition coefficient (Wildman–Crippen LogP) is 3.93. The van der Waals surface area contributed by atoms with Crippen molar-refractivity contribution in [1.82, 2.24) is 19.2 Å². The summed E-state index contributed by atoms with van der Waals surface area (Å²) in [5.41, 5.74) is 3.10. The largest absolute Gasteiger partial charge is 0.353 e. The third-order valence-corrected chi connectivity index (χ3v) is 7.93. The second-order valence-electron chi connectivity index (χ2n) is 9.43. The van der Waals surface area contributed by atoms with Crippen LogP contribution >= 0.6 is 24.0 Å². The van der Waals surface area contributed by atoms with Crippen molar-refractivity contribution in [2.75, 3.05) is 31.1 Å². The van der Waals surface area contributed by atoms with E-state index in [9.17, 15) is 9.59 Å². The van der Waals surface area contributed by atoms with Crippen LogP contribution in [0.5, 0.6) is 0 Å². The van der Waals surface area contributed by atoms with Gasteiger partial charge < -0.3 is 4.90 Å². The quantitative estimate of drug-likeness (QED) is 0.374. The number of thioether (sulfide) groups is 1. The molecule has 0 saturated carbocycles. The predicted molar refractivity (Wildman–Crippen MR) is 150 cm³/mol. The van der Waals surface area contributed by atoms with Gasteiger partial charge in [0.2, 0.25) is 0 Å². The van der Waals surface area contributed by atoms with Gasteiger partial charge in [-0.2, -0.15) is 0 Å². The molecule has 2 aliphatic heterocycles. The van der Waals surface area contributed by atoms with E-state index in [-0.39, 0.29) is 17.5 Å². The van der Waals surface area contributed by atoms with Crippen molar-refractivity contribution in [1.29, 1.82) is 0 Å². The van der Waals surface area contributed by atoms with Crippen molar-refractivity contribution >= 4 is 51.7 Å². The first-order chi connectivity index (χ1) is 17.3. The Morgan fingerprint density at radius 3 is 2.44 bits per heavy atom. The van der Waals surface area contributed by atoms with Crippen molar-refractivity contribution in [3.05, 3.63) is 80.6 Å². The maximum Gasteiger partial charge on any atom is 0.267 e. The molecule has 0 unspecified atom stereocenters. The van der Waals surface area contributed by atoms with Gasteiger partial charge in [-0.15, -0.1) is 0 Å². The van der Waals surface area contributed by atoms with Crippen LogP contribution in [0, 0.1) is 6.92 Å². The minimum Gasteiger partial charge on any atom is -0.353 e. The molecule has 36 heavy (non-hydrogen) atoms. The molecule has 0 atom stereocenters. The van der Waals surface area contributed by atoms with E-state index in [1.165, 1.54) is 17.3 Å². The number of nitrogens with zero attached hydrogens (tertiary/aromatic N) is 5. The fourth-order valence-corrected chi connectivity index (χ4v) is 6.19. The average Bonchev–Trinajstić information content (AvgIpc) is 3.15. The Hall–Kier alpha value is -3.01. The second kappa shape index (κ2) is 10.2. The third kappa shape index (κ3) is 4.70. The topological polar surface area (TPSA) is 61.2 Å². The third-order valence-electron chi connectivity index (χ3n) is 6.60. The molecule has 0 aliphatic carbocycles. The fourth-order valence-electron chi connectivity index (χ4n) is 4.68. The molecular formula is C27H29N5O2S2. The zero-order valence-electron chi connectivity index (χ0n) is 20.7. The SMILES string of the molecule is Cc1cccn2c(=O)c(/C=C3/SC(=S)N(C(C)C)C3=O)c(N3CCN(Cc4ccccc4)CC3)nc12. The lowest BCUT2D eigenvalue weighted by atomic mass is 10.1. The lowest BCUT2D eigenvalue weighted by molar-refractivity contribution is -0.123. The summed E-state index contributed by atoms with van der Waals surface area (Å²) in [7, 11) is 0. The first-order valence-electron chi connectivity index (χ1n) is 12.1. The molecular weight excluding hydrogens is 490 g/mol. The number of aryl methyl sites for hydroxylation is 1. The fraction of sp³-hybridized carbons (Fsp3) is 0.333. The van der Waals surface area contributed by atoms with E-state index in [0.29, 0.717) is 26.3 Å². The Bertz CT molecular complexity index is 1410. The van der Waals surface area contributed by atoms with Crippen molar-refractivity contribution in [3.8, 4) is 0 Å². The second-order valence-corrected chi connectivity index (χ2v) is 11.1. The van der Waals surface area contributed by atoms with Crippen LogP contribution in [0.1, 0.15) is 30.5 Å². The van der Waals surface area contributed by atoms with Crippen molar-refractivity contribution in [2.45, 2.75) is 33.4 Å². The number of hydrogen-bond acceptors (Lipinski definition) is 7. The highest BCUT2D eigenvalue weighted by Crippen LogP contribution is 2.35. The van der Waals surface area contributed by atoms with Crippen LogP contribution in [0.25, 0.3) is 11.7 Å². The number of fused-ring (bicyclic) bond motifs is 1. The Morgan fingerprint density at radius 1 is 1.06 bits per heavy atom. The molecule has 2 saturated heterocycles. The van der Waals surface area contributed by atoms with Gasteiger partial charge in [-0.25, -0.2) is 4.98 Å². The van der Waals surface area contributed by atoms with E-state index in [0.717, 1.165) is 38.3 Å². The Balaban J connectivity index is 1.51. The van der Waals surface area contributed by atoms with E-state index in [1.54, 1.807) is 21.6 Å². The van der Waals surface area contributed by atoms with Crippen LogP contribution in [0.3, 0.4) is 0 Å². The summed E-state index contributed by atoms with van der Waals surface area (Å²) in [6.07, 6.45) is 3.42. The highest BCUT2D eigenvalue weighted by Gasteiger charge is 2.34. The summed E-state index contributed by atoms with van der Waals surface area (Å²) in [6.45, 7) is 9.93. The number of aromatic nitrogens is 2. The lowest BCUT2D eigenvalue weighted by Gasteiger charge is -2.36. The van der Waals surface area contributed by atoms with Crippen LogP contribution in [0.2, 0.25) is 0 Å². The molecule has 2 aromatic heterocycles. The van der Waals surface area contributed by atoms with Crippen LogP contribution < -0.4 is 10.5 Å². The van der Waals surface area contributed by atoms with Crippen molar-refractivity contribution < 1.29 is 4.79 Å². The summed E-state index contributed by atoms with van der Waals surface area (Å²) < 4.78 is 2.08. The molecule has 3 aromatic rings. The molecule has 9 heteroatoms. The Morgan fingerprint density at radius 2 is 1.78 bits per heavy atom. The summed E-state index contributed by atoms with van der Waals surface area (Å²) >= 11 is 6.70. The molecule has 2 fully saturated rings. The van der Waals surface area contributed by atoms with E-state index in [1.807, 2.05) is 39.0 Å². The summed E-state index contributed by atoms with van der Waals surface area (Å²) in [5, 5.41) is 0. The maximum atomic E-state index is 13.7. The minimum atomic E-state index is -0.180. The monoisotopic (exact) mass is 519 g/mol. The maximum absolute atomic E-state index is 13.7. The van der Waals surface area contributed by atoms with Crippen LogP contribution in [-0.2, 0) is 11.3 Å². The lowest BCUT2D eigenvalue weighted by Crippen LogP contribution is -2.47. The molecule has 1 aromatic carbocycles. The minimum absolute atomic E-state index is 0.0426. The molecule has 186 valence electrons. The highest BCUT2D eigenvalue weighted by molar-refractivity contribution is 8.26. The van der Waals surface area contributed by atoms with E-state index < -0.39 is 0 Å². The number of carbonyl (C=O) groups excluding carboxylic acids is 1. The Labute approximate surface area is 220 Å². The van der Waals surface area contributed by atoms with Gasteiger partial charge in [0.1, 0.15) is 15.8 Å². The zero-order chi connectivity index (χ0) is 25.4. The molecule has 1 amide bonds. The Kier molecular flexibility index (Phi) is 6.96. The van der Waals surface area contributed by atoms with Gasteiger partial charge in [0, 0.05) is 45.0 Å². The van der Waals surface area contributed by atoms with Gasteiger partial charge in [0.15, 0.2) is 0 Å². The van der Waals surface area contributed by atoms with Crippen molar-refractivity contribution in [3.63, 3.8) is 0 Å². The van der Waals surface area contributed by atoms with Gasteiger partial charge in [0.05, 0.1) is 10.5 Å². The summed E-state index contributed by atoms with van der Waals surface area (Å²) in [5.74, 6) is 0.468. The molecule has 0 radical (unpaired) electrons. The molecule has 7 nitrogen and oxygen atoms in total. The van der Waals surface area contributed by atoms with Gasteiger partial charge in [-0.05, 0) is 44.0 Å². The summed E-state index contributed by atoms with van der Waals surface area (Å²) in [6, 6.07) is 14.2. The number of benzene rings is 1. The molecule has 4 heterocycles. The molecule has 0 bridgehead atoms. The molecule has 0 N–H and O–H groups in total. The average molecular weight is 520 g/mol. The highest BCUT2D eigenvalue weighted by atomic mass is 32.2. The van der Waals surface area contributed by atoms with Crippen molar-refractivity contribution in [2.24, 2.45) is 0 Å². The normalized spacial score (nSPS) is 18.3. The molecule has 5 rings (SSSR count). The van der Waals surface area contributed by atoms with E-state index in [2.05, 4.69) is 34.1 Å². The van der Waals surface area contributed by atoms with Crippen LogP contribution in [0.15, 0.2) is 58.4 Å². The van der Waals surface area contributed by atoms with Crippen LogP contribution in [0.4, 0.5) is 5.82 Å². The number of carbonyl (C=O) groups is 1. The van der Waals surface area contributed by atoms with Gasteiger partial charge in [0.25, 0.3) is 11.5 Å². The van der Waals surface area contributed by atoms with Gasteiger partial charge >= 0.3 is 0 Å². The zero-order valence-corrected chi connectivity index (χ0v) is 22.3. The van der Waals surface area contributed by atoms with E-state index in [4.69, 9.17) is 17.2 Å². The first-order valence-corrected chi connectivity index (χ1v) is 13.4. The number of piperazine rings is 1. The number of pyridine rings is 1. The number of thiocarbonyl (C=S) groups is 1. The standard InChI is InChI=1S/C27H29N5O2S2/c1-18(2)32-26(34)22(36-27(32)35)16-21-24(28-23-19(3)8-7-11-31(23)25(21)33)30-14-12-29(13-15-30)17-20-9-5-4-6-10-20/h4-11,16,18H,12-15,17H2,1-3H3/b22-16+. The number of hydrogen-bond donors (Lipinski definition) is 0. The van der Waals surface area contributed by atoms with Crippen LogP contribution in [-0.4, -0.2) is 61.6 Å². The van der Waals surface area contributed by atoms with Gasteiger partial charge in [-0.1, -0.05) is 60.4 Å². The van der Waals surface area contributed by atoms with E-state index >= 15 is 0 Å². The smallest absolute Gasteiger partial charge is 0.267 e. The molecule has 0 spiro atoms. The first kappa shape index (κ1) is 24.7. The summed E-state index contributed by atoms with van der Waals surface area (Å²) in [4.78, 5) is 38.4.